The molecule has 6 nitrogen and oxygen atoms in total. The van der Waals surface area contributed by atoms with Gasteiger partial charge >= 0.3 is 0 Å². The zero-order chi connectivity index (χ0) is 18.0. The van der Waals surface area contributed by atoms with Crippen molar-refractivity contribution in [1.29, 1.82) is 0 Å². The maximum atomic E-state index is 13.5. The molecule has 2 fully saturated rings. The Kier molecular flexibility index (Phi) is 5.19. The SMILES string of the molecule is C/C(=C\N1CC(=O)N2C(C)COC2C1)ONCc1ccc(F)cc1F. The second kappa shape index (κ2) is 7.37. The van der Waals surface area contributed by atoms with Crippen LogP contribution in [0.1, 0.15) is 19.4 Å². The summed E-state index contributed by atoms with van der Waals surface area (Å²) in [5.41, 5.74) is 2.93. The minimum atomic E-state index is -0.632. The van der Waals surface area contributed by atoms with Crippen molar-refractivity contribution >= 4 is 5.91 Å². The van der Waals surface area contributed by atoms with Crippen LogP contribution in [0.5, 0.6) is 0 Å². The molecule has 8 heteroatoms. The van der Waals surface area contributed by atoms with E-state index in [4.69, 9.17) is 9.57 Å². The molecule has 0 bridgehead atoms. The number of nitrogens with one attached hydrogen (secondary N) is 1. The summed E-state index contributed by atoms with van der Waals surface area (Å²) < 4.78 is 32.0. The molecule has 0 aliphatic carbocycles. The van der Waals surface area contributed by atoms with Gasteiger partial charge in [-0.3, -0.25) is 4.79 Å². The van der Waals surface area contributed by atoms with Crippen LogP contribution in [0.4, 0.5) is 8.78 Å². The number of rotatable bonds is 5. The quantitative estimate of drug-likeness (QED) is 0.646. The number of amides is 1. The molecule has 2 saturated heterocycles. The molecule has 1 N–H and O–H groups in total. The average Bonchev–Trinajstić information content (AvgIpc) is 2.91. The van der Waals surface area contributed by atoms with Gasteiger partial charge in [0.05, 0.1) is 32.3 Å². The summed E-state index contributed by atoms with van der Waals surface area (Å²) in [6.45, 7) is 5.17. The Labute approximate surface area is 144 Å². The fourth-order valence-corrected chi connectivity index (χ4v) is 3.04. The molecule has 1 amide bonds. The van der Waals surface area contributed by atoms with Gasteiger partial charge in [-0.15, -0.1) is 0 Å². The summed E-state index contributed by atoms with van der Waals surface area (Å²) in [6.07, 6.45) is 1.48. The van der Waals surface area contributed by atoms with Gasteiger partial charge in [0.15, 0.2) is 0 Å². The molecule has 3 rings (SSSR count). The van der Waals surface area contributed by atoms with Gasteiger partial charge in [-0.2, -0.15) is 5.48 Å². The highest BCUT2D eigenvalue weighted by atomic mass is 19.1. The zero-order valence-corrected chi connectivity index (χ0v) is 14.2. The van der Waals surface area contributed by atoms with Gasteiger partial charge < -0.3 is 19.4 Å². The van der Waals surface area contributed by atoms with E-state index in [0.29, 0.717) is 24.5 Å². The minimum Gasteiger partial charge on any atom is -0.412 e. The van der Waals surface area contributed by atoms with E-state index in [1.807, 2.05) is 11.8 Å². The highest BCUT2D eigenvalue weighted by molar-refractivity contribution is 5.80. The van der Waals surface area contributed by atoms with Crippen molar-refractivity contribution in [3.63, 3.8) is 0 Å². The molecular formula is C17H21F2N3O3. The number of halogens is 2. The highest BCUT2D eigenvalue weighted by Crippen LogP contribution is 2.22. The van der Waals surface area contributed by atoms with Crippen LogP contribution in [-0.2, 0) is 20.9 Å². The van der Waals surface area contributed by atoms with Gasteiger partial charge in [0.2, 0.25) is 5.91 Å². The lowest BCUT2D eigenvalue weighted by Gasteiger charge is -2.37. The van der Waals surface area contributed by atoms with Crippen LogP contribution in [0.25, 0.3) is 0 Å². The zero-order valence-electron chi connectivity index (χ0n) is 14.2. The van der Waals surface area contributed by atoms with Crippen LogP contribution in [0.2, 0.25) is 0 Å². The lowest BCUT2D eigenvalue weighted by Crippen LogP contribution is -2.54. The topological polar surface area (TPSA) is 54.0 Å². The Morgan fingerprint density at radius 2 is 2.28 bits per heavy atom. The molecule has 2 unspecified atom stereocenters. The molecule has 1 aromatic rings. The van der Waals surface area contributed by atoms with Gasteiger partial charge in [-0.1, -0.05) is 6.07 Å². The summed E-state index contributed by atoms with van der Waals surface area (Å²) in [7, 11) is 0. The number of nitrogens with zero attached hydrogens (tertiary/aromatic N) is 2. The minimum absolute atomic E-state index is 0.0200. The molecule has 2 aliphatic rings. The fourth-order valence-electron chi connectivity index (χ4n) is 3.04. The van der Waals surface area contributed by atoms with Crippen molar-refractivity contribution in [2.24, 2.45) is 0 Å². The van der Waals surface area contributed by atoms with Crippen molar-refractivity contribution in [3.8, 4) is 0 Å². The lowest BCUT2D eigenvalue weighted by molar-refractivity contribution is -0.144. The summed E-state index contributed by atoms with van der Waals surface area (Å²) in [4.78, 5) is 21.1. The number of ether oxygens (including phenoxy) is 1. The first-order chi connectivity index (χ1) is 11.9. The van der Waals surface area contributed by atoms with Crippen molar-refractivity contribution in [2.45, 2.75) is 32.7 Å². The van der Waals surface area contributed by atoms with Gasteiger partial charge in [-0.05, 0) is 19.9 Å². The van der Waals surface area contributed by atoms with E-state index >= 15 is 0 Å². The second-order valence-corrected chi connectivity index (χ2v) is 6.27. The fraction of sp³-hybridized carbons (Fsp3) is 0.471. The molecule has 0 saturated carbocycles. The van der Waals surface area contributed by atoms with E-state index in [1.54, 1.807) is 18.0 Å². The third-order valence-electron chi connectivity index (χ3n) is 4.21. The van der Waals surface area contributed by atoms with Gasteiger partial charge in [0.1, 0.15) is 23.6 Å². The number of hydrogen-bond donors (Lipinski definition) is 1. The van der Waals surface area contributed by atoms with Crippen molar-refractivity contribution in [1.82, 2.24) is 15.3 Å². The Hall–Kier alpha value is -2.19. The predicted molar refractivity (Wildman–Crippen MR) is 85.7 cm³/mol. The average molecular weight is 353 g/mol. The molecule has 2 atom stereocenters. The van der Waals surface area contributed by atoms with Gasteiger partial charge in [-0.25, -0.2) is 8.78 Å². The molecule has 1 aromatic carbocycles. The van der Waals surface area contributed by atoms with Crippen LogP contribution in [0, 0.1) is 11.6 Å². The van der Waals surface area contributed by atoms with E-state index in [9.17, 15) is 13.6 Å². The lowest BCUT2D eigenvalue weighted by atomic mass is 10.2. The van der Waals surface area contributed by atoms with E-state index in [0.717, 1.165) is 6.07 Å². The molecule has 2 aliphatic heterocycles. The second-order valence-electron chi connectivity index (χ2n) is 6.27. The monoisotopic (exact) mass is 353 g/mol. The van der Waals surface area contributed by atoms with Crippen molar-refractivity contribution in [2.75, 3.05) is 19.7 Å². The first kappa shape index (κ1) is 17.6. The third kappa shape index (κ3) is 4.08. The Morgan fingerprint density at radius 1 is 1.48 bits per heavy atom. The molecule has 0 radical (unpaired) electrons. The van der Waals surface area contributed by atoms with Crippen molar-refractivity contribution in [3.05, 3.63) is 47.4 Å². The maximum absolute atomic E-state index is 13.5. The number of hydroxylamine groups is 1. The summed E-state index contributed by atoms with van der Waals surface area (Å²) in [6, 6.07) is 3.48. The Morgan fingerprint density at radius 3 is 3.04 bits per heavy atom. The smallest absolute Gasteiger partial charge is 0.244 e. The van der Waals surface area contributed by atoms with E-state index < -0.39 is 11.6 Å². The van der Waals surface area contributed by atoms with Crippen LogP contribution in [0.15, 0.2) is 30.2 Å². The van der Waals surface area contributed by atoms with E-state index in [-0.39, 0.29) is 31.3 Å². The van der Waals surface area contributed by atoms with E-state index in [1.165, 1.54) is 12.1 Å². The van der Waals surface area contributed by atoms with Crippen LogP contribution < -0.4 is 5.48 Å². The van der Waals surface area contributed by atoms with Crippen LogP contribution in [0.3, 0.4) is 0 Å². The van der Waals surface area contributed by atoms with Gasteiger partial charge in [0.25, 0.3) is 0 Å². The van der Waals surface area contributed by atoms with Crippen molar-refractivity contribution < 1.29 is 23.1 Å². The van der Waals surface area contributed by atoms with Crippen LogP contribution >= 0.6 is 0 Å². The molecule has 0 aromatic heterocycles. The molecular weight excluding hydrogens is 332 g/mol. The Balaban J connectivity index is 1.51. The predicted octanol–water partition coefficient (Wildman–Crippen LogP) is 1.74. The number of carbonyl (C=O) groups excluding carboxylic acids is 1. The summed E-state index contributed by atoms with van der Waals surface area (Å²) in [5.74, 6) is -0.709. The number of piperazine rings is 1. The maximum Gasteiger partial charge on any atom is 0.244 e. The van der Waals surface area contributed by atoms with E-state index in [2.05, 4.69) is 5.48 Å². The normalized spacial score (nSPS) is 23.8. The highest BCUT2D eigenvalue weighted by Gasteiger charge is 2.40. The first-order valence-corrected chi connectivity index (χ1v) is 8.13. The number of allylic oxidation sites excluding steroid dienone is 1. The number of fused-ring (bicyclic) bond motifs is 1. The molecule has 2 heterocycles. The standard InChI is InChI=1S/C17H21F2N3O3/c1-11-10-24-17-9-21(8-16(23)22(11)17)7-12(2)25-20-6-13-3-4-14(18)5-15(13)19/h3-5,7,11,17,20H,6,8-10H2,1-2H3/b12-7+. The molecule has 0 spiro atoms. The number of hydrogen-bond acceptors (Lipinski definition) is 5. The molecule has 25 heavy (non-hydrogen) atoms. The summed E-state index contributed by atoms with van der Waals surface area (Å²) >= 11 is 0. The molecule has 136 valence electrons. The third-order valence-corrected chi connectivity index (χ3v) is 4.21. The largest absolute Gasteiger partial charge is 0.412 e. The van der Waals surface area contributed by atoms with Crippen LogP contribution in [-0.4, -0.2) is 47.7 Å². The van der Waals surface area contributed by atoms with Gasteiger partial charge in [0, 0.05) is 17.8 Å². The summed E-state index contributed by atoms with van der Waals surface area (Å²) in [5, 5.41) is 0. The first-order valence-electron chi connectivity index (χ1n) is 8.13. The number of carbonyl (C=O) groups is 1. The Bertz CT molecular complexity index is 683. The number of benzene rings is 1.